The Hall–Kier alpha value is -3.32. The summed E-state index contributed by atoms with van der Waals surface area (Å²) in [5, 5.41) is 5.06. The highest BCUT2D eigenvalue weighted by Crippen LogP contribution is 2.37. The molecule has 1 N–H and O–H groups in total. The normalized spacial score (nSPS) is 10.5. The molecule has 0 spiro atoms. The fraction of sp³-hybridized carbons (Fsp3) is 0.280. The van der Waals surface area contributed by atoms with Gasteiger partial charge in [-0.25, -0.2) is 4.79 Å². The van der Waals surface area contributed by atoms with E-state index in [0.717, 1.165) is 17.7 Å². The number of esters is 1. The summed E-state index contributed by atoms with van der Waals surface area (Å²) in [6.45, 7) is 6.40. The number of hydrogen-bond acceptors (Lipinski definition) is 6. The molecule has 0 bridgehead atoms. The molecular weight excluding hydrogens is 426 g/mol. The average Bonchev–Trinajstić information content (AvgIpc) is 3.22. The minimum atomic E-state index is -0.482. The summed E-state index contributed by atoms with van der Waals surface area (Å²) in [4.78, 5) is 25.2. The lowest BCUT2D eigenvalue weighted by molar-refractivity contribution is -0.118. The number of benzene rings is 2. The maximum absolute atomic E-state index is 12.7. The van der Waals surface area contributed by atoms with Crippen molar-refractivity contribution in [3.63, 3.8) is 0 Å². The van der Waals surface area contributed by atoms with Crippen molar-refractivity contribution in [2.45, 2.75) is 27.2 Å². The second-order valence-corrected chi connectivity index (χ2v) is 7.75. The van der Waals surface area contributed by atoms with E-state index >= 15 is 0 Å². The van der Waals surface area contributed by atoms with Crippen molar-refractivity contribution in [1.82, 2.24) is 0 Å². The quantitative estimate of drug-likeness (QED) is 0.406. The van der Waals surface area contributed by atoms with E-state index in [0.29, 0.717) is 28.5 Å². The lowest BCUT2D eigenvalue weighted by Gasteiger charge is -2.10. The van der Waals surface area contributed by atoms with Crippen molar-refractivity contribution >= 4 is 28.2 Å². The van der Waals surface area contributed by atoms with Crippen LogP contribution in [-0.2, 0) is 16.0 Å². The molecule has 0 unspecified atom stereocenters. The van der Waals surface area contributed by atoms with E-state index in [-0.39, 0.29) is 19.1 Å². The van der Waals surface area contributed by atoms with Gasteiger partial charge < -0.3 is 19.5 Å². The number of hydrogen-bond donors (Lipinski definition) is 1. The summed E-state index contributed by atoms with van der Waals surface area (Å²) in [7, 11) is 0. The summed E-state index contributed by atoms with van der Waals surface area (Å²) in [6, 6.07) is 15.1. The smallest absolute Gasteiger partial charge is 0.341 e. The monoisotopic (exact) mass is 453 g/mol. The molecule has 32 heavy (non-hydrogen) atoms. The molecule has 0 aliphatic carbocycles. The average molecular weight is 454 g/mol. The molecule has 1 heterocycles. The molecule has 6 nitrogen and oxygen atoms in total. The Bertz CT molecular complexity index is 1040. The van der Waals surface area contributed by atoms with E-state index < -0.39 is 5.97 Å². The van der Waals surface area contributed by atoms with Crippen LogP contribution in [0.4, 0.5) is 5.00 Å². The van der Waals surface area contributed by atoms with Crippen LogP contribution >= 0.6 is 11.3 Å². The van der Waals surface area contributed by atoms with Crippen LogP contribution in [0.15, 0.2) is 53.9 Å². The third-order valence-electron chi connectivity index (χ3n) is 4.70. The number of nitrogens with one attached hydrogen (secondary N) is 1. The zero-order valence-electron chi connectivity index (χ0n) is 18.5. The summed E-state index contributed by atoms with van der Waals surface area (Å²) >= 11 is 1.27. The first-order valence-corrected chi connectivity index (χ1v) is 11.5. The molecule has 2 aromatic carbocycles. The van der Waals surface area contributed by atoms with Gasteiger partial charge >= 0.3 is 5.97 Å². The summed E-state index contributed by atoms with van der Waals surface area (Å²) in [6.07, 6.45) is 0.937. The van der Waals surface area contributed by atoms with Crippen LogP contribution in [0, 0.1) is 0 Å². The molecule has 0 aliphatic heterocycles. The van der Waals surface area contributed by atoms with Crippen LogP contribution in [0.3, 0.4) is 0 Å². The molecule has 7 heteroatoms. The Morgan fingerprint density at radius 3 is 2.16 bits per heavy atom. The molecule has 0 fully saturated rings. The molecular formula is C25H27NO5S. The van der Waals surface area contributed by atoms with Crippen molar-refractivity contribution in [2.75, 3.05) is 25.1 Å². The Kier molecular flexibility index (Phi) is 8.27. The first kappa shape index (κ1) is 23.3. The maximum atomic E-state index is 12.7. The van der Waals surface area contributed by atoms with Gasteiger partial charge in [0.15, 0.2) is 6.61 Å². The number of thiophene rings is 1. The first-order chi connectivity index (χ1) is 15.5. The maximum Gasteiger partial charge on any atom is 0.341 e. The number of carbonyl (C=O) groups excluding carboxylic acids is 2. The van der Waals surface area contributed by atoms with Crippen LogP contribution in [0.2, 0.25) is 0 Å². The van der Waals surface area contributed by atoms with E-state index in [1.165, 1.54) is 16.9 Å². The highest BCUT2D eigenvalue weighted by atomic mass is 32.1. The highest BCUT2D eigenvalue weighted by Gasteiger charge is 2.23. The molecule has 0 aliphatic rings. The van der Waals surface area contributed by atoms with Crippen molar-refractivity contribution in [3.05, 3.63) is 65.0 Å². The molecule has 0 saturated heterocycles. The number of rotatable bonds is 10. The predicted octanol–water partition coefficient (Wildman–Crippen LogP) is 5.57. The molecule has 0 saturated carbocycles. The van der Waals surface area contributed by atoms with Gasteiger partial charge in [0.2, 0.25) is 0 Å². The van der Waals surface area contributed by atoms with Gasteiger partial charge in [-0.05, 0) is 55.7 Å². The third kappa shape index (κ3) is 5.88. The van der Waals surface area contributed by atoms with Gasteiger partial charge in [-0.3, -0.25) is 4.79 Å². The fourth-order valence-electron chi connectivity index (χ4n) is 3.10. The van der Waals surface area contributed by atoms with Gasteiger partial charge in [0.05, 0.1) is 13.2 Å². The molecule has 1 amide bonds. The number of carbonyl (C=O) groups is 2. The zero-order valence-corrected chi connectivity index (χ0v) is 19.3. The van der Waals surface area contributed by atoms with E-state index in [1.807, 2.05) is 60.8 Å². The lowest BCUT2D eigenvalue weighted by Crippen LogP contribution is -2.21. The zero-order chi connectivity index (χ0) is 22.9. The van der Waals surface area contributed by atoms with Crippen LogP contribution in [0.25, 0.3) is 11.1 Å². The van der Waals surface area contributed by atoms with Crippen molar-refractivity contribution in [1.29, 1.82) is 0 Å². The Labute approximate surface area is 192 Å². The van der Waals surface area contributed by atoms with Crippen LogP contribution < -0.4 is 14.8 Å². The molecule has 0 atom stereocenters. The van der Waals surface area contributed by atoms with Crippen molar-refractivity contribution in [3.8, 4) is 22.6 Å². The Morgan fingerprint density at radius 2 is 1.53 bits per heavy atom. The number of aryl methyl sites for hydroxylation is 1. The van der Waals surface area contributed by atoms with Crippen molar-refractivity contribution in [2.24, 2.45) is 0 Å². The SMILES string of the molecule is CCOC(=O)c1c(-c2ccc(OCC)cc2)csc1NC(=O)COc1ccc(CC)cc1. The number of amides is 1. The fourth-order valence-corrected chi connectivity index (χ4v) is 4.07. The third-order valence-corrected chi connectivity index (χ3v) is 5.60. The van der Waals surface area contributed by atoms with Crippen molar-refractivity contribution < 1.29 is 23.8 Å². The van der Waals surface area contributed by atoms with Gasteiger partial charge in [0.1, 0.15) is 22.1 Å². The number of anilines is 1. The van der Waals surface area contributed by atoms with Crippen LogP contribution in [-0.4, -0.2) is 31.7 Å². The molecule has 0 radical (unpaired) electrons. The van der Waals surface area contributed by atoms with Crippen LogP contribution in [0.5, 0.6) is 11.5 Å². The first-order valence-electron chi connectivity index (χ1n) is 10.6. The molecule has 168 valence electrons. The summed E-state index contributed by atoms with van der Waals surface area (Å²) in [5.74, 6) is 0.533. The van der Waals surface area contributed by atoms with Gasteiger partial charge in [-0.1, -0.05) is 31.2 Å². The van der Waals surface area contributed by atoms with E-state index in [1.54, 1.807) is 6.92 Å². The largest absolute Gasteiger partial charge is 0.494 e. The standard InChI is InChI=1S/C25H27NO5S/c1-4-17-7-11-20(12-8-17)31-15-22(27)26-24-23(25(28)30-6-3)21(16-32-24)18-9-13-19(14-10-18)29-5-2/h7-14,16H,4-6,15H2,1-3H3,(H,26,27). The molecule has 1 aromatic heterocycles. The van der Waals surface area contributed by atoms with Gasteiger partial charge in [-0.2, -0.15) is 0 Å². The second kappa shape index (κ2) is 11.3. The van der Waals surface area contributed by atoms with Gasteiger partial charge in [-0.15, -0.1) is 11.3 Å². The molecule has 3 rings (SSSR count). The van der Waals surface area contributed by atoms with Gasteiger partial charge in [0.25, 0.3) is 5.91 Å². The van der Waals surface area contributed by atoms with Crippen LogP contribution in [0.1, 0.15) is 36.7 Å². The Balaban J connectivity index is 1.76. The number of ether oxygens (including phenoxy) is 3. The molecule has 3 aromatic rings. The minimum Gasteiger partial charge on any atom is -0.494 e. The van der Waals surface area contributed by atoms with Gasteiger partial charge in [0, 0.05) is 10.9 Å². The summed E-state index contributed by atoms with van der Waals surface area (Å²) in [5.41, 5.74) is 3.06. The summed E-state index contributed by atoms with van der Waals surface area (Å²) < 4.78 is 16.3. The topological polar surface area (TPSA) is 73.9 Å². The van der Waals surface area contributed by atoms with E-state index in [9.17, 15) is 9.59 Å². The minimum absolute atomic E-state index is 0.163. The predicted molar refractivity (Wildman–Crippen MR) is 127 cm³/mol. The lowest BCUT2D eigenvalue weighted by atomic mass is 10.0. The van der Waals surface area contributed by atoms with E-state index in [4.69, 9.17) is 14.2 Å². The second-order valence-electron chi connectivity index (χ2n) is 6.87. The highest BCUT2D eigenvalue weighted by molar-refractivity contribution is 7.15. The van der Waals surface area contributed by atoms with E-state index in [2.05, 4.69) is 12.2 Å². The Morgan fingerprint density at radius 1 is 0.875 bits per heavy atom.